The number of pyridine rings is 1. The van der Waals surface area contributed by atoms with Crippen molar-refractivity contribution >= 4 is 11.9 Å². The van der Waals surface area contributed by atoms with E-state index in [-0.39, 0.29) is 17.7 Å². The molecule has 0 spiro atoms. The van der Waals surface area contributed by atoms with Gasteiger partial charge in [0, 0.05) is 6.07 Å². The summed E-state index contributed by atoms with van der Waals surface area (Å²) in [4.78, 5) is 26.2. The van der Waals surface area contributed by atoms with Gasteiger partial charge in [-0.2, -0.15) is 0 Å². The quantitative estimate of drug-likeness (QED) is 0.805. The number of carboxylic acids is 1. The number of alkyl halides is 1. The van der Waals surface area contributed by atoms with Crippen LogP contribution in [0.25, 0.3) is 0 Å². The van der Waals surface area contributed by atoms with Gasteiger partial charge in [0.1, 0.15) is 12.4 Å². The van der Waals surface area contributed by atoms with Gasteiger partial charge in [-0.1, -0.05) is 6.07 Å². The van der Waals surface area contributed by atoms with Crippen molar-refractivity contribution in [3.8, 4) is 5.88 Å². The molecule has 19 heavy (non-hydrogen) atoms. The number of halogens is 1. The van der Waals surface area contributed by atoms with Gasteiger partial charge in [-0.3, -0.25) is 4.79 Å². The molecule has 0 aliphatic heterocycles. The van der Waals surface area contributed by atoms with E-state index in [0.717, 1.165) is 0 Å². The summed E-state index contributed by atoms with van der Waals surface area (Å²) >= 11 is 0. The molecular weight excluding hydrogens is 255 g/mol. The summed E-state index contributed by atoms with van der Waals surface area (Å²) in [5.41, 5.74) is -0.0298. The highest BCUT2D eigenvalue weighted by Crippen LogP contribution is 2.09. The third kappa shape index (κ3) is 4.53. The Morgan fingerprint density at radius 2 is 2.16 bits per heavy atom. The number of hydrogen-bond acceptors (Lipinski definition) is 4. The van der Waals surface area contributed by atoms with Crippen LogP contribution in [-0.2, 0) is 4.79 Å². The Balaban J connectivity index is 2.79. The van der Waals surface area contributed by atoms with E-state index in [1.807, 2.05) is 5.32 Å². The normalized spacial score (nSPS) is 12.0. The molecule has 1 atom stereocenters. The molecule has 1 amide bonds. The molecule has 1 unspecified atom stereocenters. The largest absolute Gasteiger partial charge is 0.480 e. The van der Waals surface area contributed by atoms with E-state index in [9.17, 15) is 14.0 Å². The van der Waals surface area contributed by atoms with Gasteiger partial charge in [-0.15, -0.1) is 0 Å². The molecule has 0 aromatic carbocycles. The summed E-state index contributed by atoms with van der Waals surface area (Å²) in [6, 6.07) is 2.93. The highest BCUT2D eigenvalue weighted by molar-refractivity contribution is 5.95. The first kappa shape index (κ1) is 14.9. The zero-order valence-corrected chi connectivity index (χ0v) is 10.6. The number of amides is 1. The highest BCUT2D eigenvalue weighted by Gasteiger charge is 2.21. The number of aliphatic carboxylic acids is 1. The van der Waals surface area contributed by atoms with Gasteiger partial charge >= 0.3 is 5.97 Å². The number of carbonyl (C=O) groups excluding carboxylic acids is 1. The Labute approximate surface area is 109 Å². The molecule has 7 heteroatoms. The van der Waals surface area contributed by atoms with Crippen LogP contribution in [0.4, 0.5) is 4.39 Å². The number of carbonyl (C=O) groups is 2. The molecular formula is C12H15FN2O4. The molecule has 0 saturated heterocycles. The topological polar surface area (TPSA) is 88.5 Å². The molecule has 0 radical (unpaired) electrons. The van der Waals surface area contributed by atoms with E-state index in [4.69, 9.17) is 9.84 Å². The van der Waals surface area contributed by atoms with Crippen LogP contribution >= 0.6 is 0 Å². The molecule has 1 rings (SSSR count). The van der Waals surface area contributed by atoms with Crippen LogP contribution in [-0.4, -0.2) is 40.8 Å². The lowest BCUT2D eigenvalue weighted by Crippen LogP contribution is -2.42. The number of carboxylic acid groups (broad SMARTS) is 1. The molecule has 1 aromatic rings. The molecule has 6 nitrogen and oxygen atoms in total. The zero-order chi connectivity index (χ0) is 14.4. The Hall–Kier alpha value is -2.18. The fraction of sp³-hybridized carbons (Fsp3) is 0.417. The van der Waals surface area contributed by atoms with Crippen molar-refractivity contribution in [1.82, 2.24) is 10.3 Å². The molecule has 1 heterocycles. The number of nitrogens with zero attached hydrogens (tertiary/aromatic N) is 1. The van der Waals surface area contributed by atoms with E-state index in [1.54, 1.807) is 26.0 Å². The van der Waals surface area contributed by atoms with Crippen LogP contribution in [0.5, 0.6) is 5.88 Å². The molecule has 0 fully saturated rings. The standard InChI is InChI=1S/C12H15FN2O4/c1-7(2)19-10-5-3-4-8(14-10)11(16)15-9(6-13)12(17)18/h3-5,7,9H,6H2,1-2H3,(H,15,16)(H,17,18). The van der Waals surface area contributed by atoms with E-state index < -0.39 is 24.6 Å². The second-order valence-electron chi connectivity index (χ2n) is 4.05. The smallest absolute Gasteiger partial charge is 0.328 e. The molecule has 1 aromatic heterocycles. The molecule has 0 aliphatic carbocycles. The van der Waals surface area contributed by atoms with Crippen LogP contribution < -0.4 is 10.1 Å². The number of aromatic nitrogens is 1. The predicted molar refractivity (Wildman–Crippen MR) is 64.9 cm³/mol. The van der Waals surface area contributed by atoms with Gasteiger partial charge in [0.25, 0.3) is 5.91 Å². The van der Waals surface area contributed by atoms with E-state index >= 15 is 0 Å². The van der Waals surface area contributed by atoms with Crippen LogP contribution in [0.15, 0.2) is 18.2 Å². The maximum absolute atomic E-state index is 12.4. The van der Waals surface area contributed by atoms with Crippen molar-refractivity contribution in [3.63, 3.8) is 0 Å². The maximum Gasteiger partial charge on any atom is 0.328 e. The summed E-state index contributed by atoms with van der Waals surface area (Å²) in [7, 11) is 0. The van der Waals surface area contributed by atoms with Crippen molar-refractivity contribution in [1.29, 1.82) is 0 Å². The number of ether oxygens (including phenoxy) is 1. The average molecular weight is 270 g/mol. The summed E-state index contributed by atoms with van der Waals surface area (Å²) < 4.78 is 17.7. The second-order valence-corrected chi connectivity index (χ2v) is 4.05. The van der Waals surface area contributed by atoms with Gasteiger partial charge in [0.15, 0.2) is 6.04 Å². The molecule has 104 valence electrons. The van der Waals surface area contributed by atoms with Gasteiger partial charge in [0.05, 0.1) is 6.10 Å². The third-order valence-electron chi connectivity index (χ3n) is 2.07. The van der Waals surface area contributed by atoms with Gasteiger partial charge < -0.3 is 15.2 Å². The SMILES string of the molecule is CC(C)Oc1cccc(C(=O)NC(CF)C(=O)O)n1. The van der Waals surface area contributed by atoms with Gasteiger partial charge in [-0.05, 0) is 19.9 Å². The monoisotopic (exact) mass is 270 g/mol. The maximum atomic E-state index is 12.4. The number of nitrogens with one attached hydrogen (secondary N) is 1. The van der Waals surface area contributed by atoms with E-state index in [1.165, 1.54) is 6.07 Å². The van der Waals surface area contributed by atoms with Crippen molar-refractivity contribution in [2.24, 2.45) is 0 Å². The molecule has 2 N–H and O–H groups in total. The van der Waals surface area contributed by atoms with E-state index in [2.05, 4.69) is 4.98 Å². The predicted octanol–water partition coefficient (Wildman–Crippen LogP) is 1.02. The lowest BCUT2D eigenvalue weighted by molar-refractivity contribution is -0.139. The number of rotatable bonds is 6. The highest BCUT2D eigenvalue weighted by atomic mass is 19.1. The lowest BCUT2D eigenvalue weighted by atomic mass is 10.3. The summed E-state index contributed by atoms with van der Waals surface area (Å²) in [6.45, 7) is 2.42. The average Bonchev–Trinajstić information content (AvgIpc) is 2.34. The zero-order valence-electron chi connectivity index (χ0n) is 10.6. The number of hydrogen-bond donors (Lipinski definition) is 2. The minimum atomic E-state index is -1.58. The second kappa shape index (κ2) is 6.67. The first-order chi connectivity index (χ1) is 8.93. The first-order valence-electron chi connectivity index (χ1n) is 5.67. The van der Waals surface area contributed by atoms with Gasteiger partial charge in [0.2, 0.25) is 5.88 Å². The fourth-order valence-electron chi connectivity index (χ4n) is 1.25. The van der Waals surface area contributed by atoms with Crippen molar-refractivity contribution < 1.29 is 23.8 Å². The van der Waals surface area contributed by atoms with Crippen LogP contribution in [0, 0.1) is 0 Å². The minimum absolute atomic E-state index is 0.0298. The third-order valence-corrected chi connectivity index (χ3v) is 2.07. The van der Waals surface area contributed by atoms with E-state index in [0.29, 0.717) is 0 Å². The lowest BCUT2D eigenvalue weighted by Gasteiger charge is -2.12. The van der Waals surface area contributed by atoms with Crippen LogP contribution in [0.3, 0.4) is 0 Å². The van der Waals surface area contributed by atoms with Crippen molar-refractivity contribution in [3.05, 3.63) is 23.9 Å². The summed E-state index contributed by atoms with van der Waals surface area (Å²) in [6.07, 6.45) is -0.108. The molecule has 0 aliphatic rings. The molecule has 0 bridgehead atoms. The Morgan fingerprint density at radius 1 is 1.47 bits per heavy atom. The van der Waals surface area contributed by atoms with Crippen LogP contribution in [0.1, 0.15) is 24.3 Å². The van der Waals surface area contributed by atoms with Gasteiger partial charge in [-0.25, -0.2) is 14.2 Å². The van der Waals surface area contributed by atoms with Crippen LogP contribution in [0.2, 0.25) is 0 Å². The fourth-order valence-corrected chi connectivity index (χ4v) is 1.25. The summed E-state index contributed by atoms with van der Waals surface area (Å²) in [5.74, 6) is -1.96. The Morgan fingerprint density at radius 3 is 2.68 bits per heavy atom. The van der Waals surface area contributed by atoms with Crippen molar-refractivity contribution in [2.75, 3.05) is 6.67 Å². The summed E-state index contributed by atoms with van der Waals surface area (Å²) in [5, 5.41) is 10.7. The first-order valence-corrected chi connectivity index (χ1v) is 5.67. The minimum Gasteiger partial charge on any atom is -0.480 e. The Bertz CT molecular complexity index is 465. The van der Waals surface area contributed by atoms with Crippen molar-refractivity contribution in [2.45, 2.75) is 26.0 Å². The Kier molecular flexibility index (Phi) is 5.23. The molecule has 0 saturated carbocycles.